The summed E-state index contributed by atoms with van der Waals surface area (Å²) >= 11 is 2.85. The van der Waals surface area contributed by atoms with Gasteiger partial charge in [-0.25, -0.2) is 0 Å². The zero-order chi connectivity index (χ0) is 15.5. The van der Waals surface area contributed by atoms with Crippen LogP contribution in [0.2, 0.25) is 0 Å². The molecule has 0 aromatic carbocycles. The summed E-state index contributed by atoms with van der Waals surface area (Å²) in [4.78, 5) is 15.0. The predicted molar refractivity (Wildman–Crippen MR) is 87.2 cm³/mol. The number of rotatable bonds is 5. The first-order valence-electron chi connectivity index (χ1n) is 6.78. The number of thiophene rings is 1. The van der Waals surface area contributed by atoms with Gasteiger partial charge in [-0.3, -0.25) is 9.48 Å². The molecule has 0 aliphatic rings. The highest BCUT2D eigenvalue weighted by molar-refractivity contribution is 7.15. The summed E-state index contributed by atoms with van der Waals surface area (Å²) < 4.78 is 5.56. The molecule has 8 heteroatoms. The number of amides is 1. The third-order valence-corrected chi connectivity index (χ3v) is 5.19. The van der Waals surface area contributed by atoms with Crippen LogP contribution in [-0.4, -0.2) is 31.8 Å². The first-order chi connectivity index (χ1) is 10.6. The molecule has 1 amide bonds. The van der Waals surface area contributed by atoms with Crippen molar-refractivity contribution < 1.29 is 4.79 Å². The minimum atomic E-state index is -0.100. The van der Waals surface area contributed by atoms with Crippen LogP contribution in [0.25, 0.3) is 10.4 Å². The molecule has 3 aromatic rings. The molecule has 0 saturated heterocycles. The van der Waals surface area contributed by atoms with Crippen LogP contribution in [0.4, 0.5) is 0 Å². The smallest absolute Gasteiger partial charge is 0.264 e. The number of nitrogens with zero attached hydrogens (tertiary/aromatic N) is 4. The van der Waals surface area contributed by atoms with Crippen molar-refractivity contribution in [2.45, 2.75) is 13.3 Å². The van der Waals surface area contributed by atoms with Gasteiger partial charge in [0.25, 0.3) is 5.91 Å². The summed E-state index contributed by atoms with van der Waals surface area (Å²) in [6, 6.07) is 4.19. The summed E-state index contributed by atoms with van der Waals surface area (Å²) in [5, 5.41) is 10.9. The van der Waals surface area contributed by atoms with Crippen LogP contribution in [0.15, 0.2) is 24.5 Å². The zero-order valence-corrected chi connectivity index (χ0v) is 13.9. The van der Waals surface area contributed by atoms with E-state index in [4.69, 9.17) is 0 Å². The number of carbonyl (C=O) groups is 1. The molecule has 0 unspecified atom stereocenters. The lowest BCUT2D eigenvalue weighted by Crippen LogP contribution is -2.25. The molecule has 0 aliphatic heterocycles. The maximum atomic E-state index is 12.0. The molecule has 22 heavy (non-hydrogen) atoms. The highest BCUT2D eigenvalue weighted by Crippen LogP contribution is 2.27. The second kappa shape index (κ2) is 6.37. The van der Waals surface area contributed by atoms with Crippen molar-refractivity contribution in [1.82, 2.24) is 24.7 Å². The second-order valence-electron chi connectivity index (χ2n) is 4.86. The average Bonchev–Trinajstić information content (AvgIpc) is 3.19. The van der Waals surface area contributed by atoms with Gasteiger partial charge < -0.3 is 5.32 Å². The quantitative estimate of drug-likeness (QED) is 0.777. The van der Waals surface area contributed by atoms with Crippen LogP contribution in [0.5, 0.6) is 0 Å². The summed E-state index contributed by atoms with van der Waals surface area (Å²) in [5.41, 5.74) is 1.80. The molecule has 0 radical (unpaired) electrons. The van der Waals surface area contributed by atoms with E-state index in [1.807, 2.05) is 19.4 Å². The van der Waals surface area contributed by atoms with E-state index in [0.29, 0.717) is 17.1 Å². The maximum Gasteiger partial charge on any atom is 0.264 e. The van der Waals surface area contributed by atoms with Crippen molar-refractivity contribution in [3.63, 3.8) is 0 Å². The van der Waals surface area contributed by atoms with Crippen molar-refractivity contribution in [1.29, 1.82) is 0 Å². The van der Waals surface area contributed by atoms with Crippen molar-refractivity contribution in [3.05, 3.63) is 40.0 Å². The second-order valence-corrected chi connectivity index (χ2v) is 6.78. The van der Waals surface area contributed by atoms with E-state index in [-0.39, 0.29) is 5.91 Å². The summed E-state index contributed by atoms with van der Waals surface area (Å²) in [6.45, 7) is 2.39. The average molecular weight is 333 g/mol. The minimum absolute atomic E-state index is 0.100. The Bertz CT molecular complexity index is 789. The third kappa shape index (κ3) is 3.23. The molecular formula is C14H15N5OS2. The molecule has 0 bridgehead atoms. The molecule has 1 N–H and O–H groups in total. The standard InChI is InChI=1S/C14H15N5OS2/c1-9-13(22-18-17-9)14(20)15-6-5-11-3-4-12(21-11)10-7-16-19(2)8-10/h3-4,7-8H,5-6H2,1-2H3,(H,15,20). The molecule has 0 aliphatic carbocycles. The number of hydrogen-bond donors (Lipinski definition) is 1. The normalized spacial score (nSPS) is 10.8. The van der Waals surface area contributed by atoms with Gasteiger partial charge in [-0.2, -0.15) is 5.10 Å². The molecule has 3 heterocycles. The maximum absolute atomic E-state index is 12.0. The van der Waals surface area contributed by atoms with Gasteiger partial charge in [-0.1, -0.05) is 4.49 Å². The molecule has 0 spiro atoms. The largest absolute Gasteiger partial charge is 0.351 e. The van der Waals surface area contributed by atoms with Gasteiger partial charge in [-0.05, 0) is 37.0 Å². The number of aryl methyl sites for hydroxylation is 2. The van der Waals surface area contributed by atoms with Gasteiger partial charge in [0.2, 0.25) is 0 Å². The van der Waals surface area contributed by atoms with Crippen molar-refractivity contribution in [3.8, 4) is 10.4 Å². The SMILES string of the molecule is Cc1nnsc1C(=O)NCCc1ccc(-c2cnn(C)c2)s1. The minimum Gasteiger partial charge on any atom is -0.351 e. The lowest BCUT2D eigenvalue weighted by molar-refractivity contribution is 0.0957. The number of carbonyl (C=O) groups excluding carboxylic acids is 1. The van der Waals surface area contributed by atoms with Crippen LogP contribution < -0.4 is 5.32 Å². The first-order valence-corrected chi connectivity index (χ1v) is 8.37. The van der Waals surface area contributed by atoms with E-state index in [9.17, 15) is 4.79 Å². The molecule has 114 valence electrons. The Morgan fingerprint density at radius 3 is 2.95 bits per heavy atom. The lowest BCUT2D eigenvalue weighted by atomic mass is 10.3. The monoisotopic (exact) mass is 333 g/mol. The molecule has 0 saturated carbocycles. The lowest BCUT2D eigenvalue weighted by Gasteiger charge is -2.02. The van der Waals surface area contributed by atoms with Gasteiger partial charge in [0, 0.05) is 35.1 Å². The van der Waals surface area contributed by atoms with E-state index in [2.05, 4.69) is 32.1 Å². The molecular weight excluding hydrogens is 318 g/mol. The van der Waals surface area contributed by atoms with E-state index in [1.165, 1.54) is 9.75 Å². The highest BCUT2D eigenvalue weighted by atomic mass is 32.1. The van der Waals surface area contributed by atoms with Crippen LogP contribution in [-0.2, 0) is 13.5 Å². The Balaban J connectivity index is 1.55. The molecule has 6 nitrogen and oxygen atoms in total. The fraction of sp³-hybridized carbons (Fsp3) is 0.286. The molecule has 3 rings (SSSR count). The molecule has 0 fully saturated rings. The Kier molecular flexibility index (Phi) is 4.30. The van der Waals surface area contributed by atoms with Crippen LogP contribution in [0.3, 0.4) is 0 Å². The van der Waals surface area contributed by atoms with Gasteiger partial charge in [-0.15, -0.1) is 16.4 Å². The molecule has 3 aromatic heterocycles. The zero-order valence-electron chi connectivity index (χ0n) is 12.2. The summed E-state index contributed by atoms with van der Waals surface area (Å²) in [5.74, 6) is -0.100. The summed E-state index contributed by atoms with van der Waals surface area (Å²) in [6.07, 6.45) is 4.66. The number of hydrogen-bond acceptors (Lipinski definition) is 6. The van der Waals surface area contributed by atoms with E-state index < -0.39 is 0 Å². The predicted octanol–water partition coefficient (Wildman–Crippen LogP) is 2.28. The Morgan fingerprint density at radius 1 is 1.41 bits per heavy atom. The van der Waals surface area contributed by atoms with Gasteiger partial charge in [0.1, 0.15) is 4.88 Å². The number of nitrogens with one attached hydrogen (secondary N) is 1. The summed E-state index contributed by atoms with van der Waals surface area (Å²) in [7, 11) is 1.91. The Hall–Kier alpha value is -2.06. The Morgan fingerprint density at radius 2 is 2.27 bits per heavy atom. The van der Waals surface area contributed by atoms with E-state index in [0.717, 1.165) is 23.5 Å². The third-order valence-electron chi connectivity index (χ3n) is 3.17. The van der Waals surface area contributed by atoms with Crippen LogP contribution in [0, 0.1) is 6.92 Å². The molecule has 0 atom stereocenters. The fourth-order valence-electron chi connectivity index (χ4n) is 2.04. The Labute approximate surface area is 136 Å². The van der Waals surface area contributed by atoms with Gasteiger partial charge >= 0.3 is 0 Å². The highest BCUT2D eigenvalue weighted by Gasteiger charge is 2.12. The van der Waals surface area contributed by atoms with E-state index >= 15 is 0 Å². The van der Waals surface area contributed by atoms with Gasteiger partial charge in [0.15, 0.2) is 0 Å². The number of aromatic nitrogens is 4. The van der Waals surface area contributed by atoms with Crippen molar-refractivity contribution in [2.24, 2.45) is 7.05 Å². The topological polar surface area (TPSA) is 72.7 Å². The van der Waals surface area contributed by atoms with Crippen molar-refractivity contribution in [2.75, 3.05) is 6.54 Å². The van der Waals surface area contributed by atoms with E-state index in [1.54, 1.807) is 22.9 Å². The first kappa shape index (κ1) is 14.9. The fourth-order valence-corrected chi connectivity index (χ4v) is 3.59. The van der Waals surface area contributed by atoms with Crippen molar-refractivity contribution >= 4 is 28.8 Å². The van der Waals surface area contributed by atoms with Crippen LogP contribution >= 0.6 is 22.9 Å². The van der Waals surface area contributed by atoms with Crippen LogP contribution in [0.1, 0.15) is 20.2 Å². The van der Waals surface area contributed by atoms with Gasteiger partial charge in [0.05, 0.1) is 11.9 Å².